The Labute approximate surface area is 105 Å². The second-order valence-electron chi connectivity index (χ2n) is 4.25. The summed E-state index contributed by atoms with van der Waals surface area (Å²) in [6.07, 6.45) is 2.56. The van der Waals surface area contributed by atoms with E-state index in [-0.39, 0.29) is 0 Å². The number of rotatable bonds is 3. The summed E-state index contributed by atoms with van der Waals surface area (Å²) < 4.78 is 5.43. The molecule has 92 valence electrons. The smallest absolute Gasteiger partial charge is 0.142 e. The minimum atomic E-state index is 0.538. The second-order valence-corrected chi connectivity index (χ2v) is 4.25. The Morgan fingerprint density at radius 2 is 2.22 bits per heavy atom. The molecule has 0 saturated carbocycles. The molecule has 0 aliphatic rings. The summed E-state index contributed by atoms with van der Waals surface area (Å²) in [7, 11) is 0. The third kappa shape index (κ3) is 1.71. The summed E-state index contributed by atoms with van der Waals surface area (Å²) >= 11 is 0. The van der Waals surface area contributed by atoms with Gasteiger partial charge in [0.05, 0.1) is 22.9 Å². The van der Waals surface area contributed by atoms with Crippen molar-refractivity contribution in [1.29, 1.82) is 0 Å². The van der Waals surface area contributed by atoms with E-state index in [0.717, 1.165) is 40.2 Å². The first kappa shape index (κ1) is 11.0. The molecule has 18 heavy (non-hydrogen) atoms. The van der Waals surface area contributed by atoms with Crippen molar-refractivity contribution in [3.63, 3.8) is 0 Å². The topological polar surface area (TPSA) is 67.8 Å². The third-order valence-electron chi connectivity index (χ3n) is 3.10. The Morgan fingerprint density at radius 3 is 3.00 bits per heavy atom. The van der Waals surface area contributed by atoms with E-state index in [9.17, 15) is 0 Å². The second kappa shape index (κ2) is 4.31. The Hall–Kier alpha value is -2.07. The molecule has 4 nitrogen and oxygen atoms in total. The van der Waals surface area contributed by atoms with E-state index >= 15 is 0 Å². The maximum Gasteiger partial charge on any atom is 0.142 e. The lowest BCUT2D eigenvalue weighted by Crippen LogP contribution is -1.95. The van der Waals surface area contributed by atoms with Gasteiger partial charge in [-0.1, -0.05) is 13.0 Å². The average Bonchev–Trinajstić information content (AvgIpc) is 3.03. The molecule has 0 bridgehead atoms. The first-order valence-corrected chi connectivity index (χ1v) is 6.07. The van der Waals surface area contributed by atoms with Crippen molar-refractivity contribution >= 4 is 11.0 Å². The molecule has 0 atom stereocenters. The van der Waals surface area contributed by atoms with E-state index in [4.69, 9.17) is 10.2 Å². The lowest BCUT2D eigenvalue weighted by atomic mass is 10.2. The molecule has 1 aromatic carbocycles. The van der Waals surface area contributed by atoms with Crippen LogP contribution in [0.3, 0.4) is 0 Å². The minimum absolute atomic E-state index is 0.538. The number of furan rings is 1. The molecule has 2 aromatic heterocycles. The van der Waals surface area contributed by atoms with Crippen LogP contribution in [0.15, 0.2) is 34.9 Å². The van der Waals surface area contributed by atoms with Crippen LogP contribution in [0.1, 0.15) is 18.2 Å². The number of benzene rings is 1. The molecule has 3 rings (SSSR count). The van der Waals surface area contributed by atoms with Crippen LogP contribution in [0.4, 0.5) is 0 Å². The Kier molecular flexibility index (Phi) is 2.64. The number of nitrogens with one attached hydrogen (secondary N) is 1. The number of imidazole rings is 1. The van der Waals surface area contributed by atoms with Gasteiger partial charge in [-0.25, -0.2) is 4.98 Å². The number of aromatic nitrogens is 2. The third-order valence-corrected chi connectivity index (χ3v) is 3.10. The zero-order valence-electron chi connectivity index (χ0n) is 10.2. The van der Waals surface area contributed by atoms with E-state index in [0.29, 0.717) is 6.54 Å². The number of aromatic amines is 1. The van der Waals surface area contributed by atoms with E-state index in [1.165, 1.54) is 0 Å². The van der Waals surface area contributed by atoms with Crippen LogP contribution < -0.4 is 5.73 Å². The maximum atomic E-state index is 5.64. The molecule has 3 N–H and O–H groups in total. The van der Waals surface area contributed by atoms with Gasteiger partial charge in [0, 0.05) is 13.0 Å². The number of nitrogens with two attached hydrogens (primary N) is 1. The van der Waals surface area contributed by atoms with Crippen molar-refractivity contribution in [1.82, 2.24) is 9.97 Å². The largest absolute Gasteiger partial charge is 0.469 e. The number of nitrogens with zero attached hydrogens (tertiary/aromatic N) is 1. The molecule has 0 saturated heterocycles. The van der Waals surface area contributed by atoms with Gasteiger partial charge in [0.2, 0.25) is 0 Å². The Balaban J connectivity index is 2.13. The van der Waals surface area contributed by atoms with Crippen molar-refractivity contribution in [3.05, 3.63) is 41.9 Å². The van der Waals surface area contributed by atoms with Crippen molar-refractivity contribution in [3.8, 4) is 11.4 Å². The number of fused-ring (bicyclic) bond motifs is 1. The highest BCUT2D eigenvalue weighted by Gasteiger charge is 2.11. The fraction of sp³-hybridized carbons (Fsp3) is 0.214. The molecule has 0 fully saturated rings. The standard InChI is InChI=1S/C14H15N3O/c1-2-13-10(5-6-18-13)14-16-11-4-3-9(8-15)7-12(11)17-14/h3-7H,2,8,15H2,1H3,(H,16,17). The quantitative estimate of drug-likeness (QED) is 0.740. The highest BCUT2D eigenvalue weighted by molar-refractivity contribution is 5.80. The predicted molar refractivity (Wildman–Crippen MR) is 71.1 cm³/mol. The van der Waals surface area contributed by atoms with Crippen LogP contribution in [0.25, 0.3) is 22.4 Å². The van der Waals surface area contributed by atoms with E-state index in [2.05, 4.69) is 16.9 Å². The monoisotopic (exact) mass is 241 g/mol. The van der Waals surface area contributed by atoms with Gasteiger partial charge in [0.25, 0.3) is 0 Å². The highest BCUT2D eigenvalue weighted by atomic mass is 16.3. The van der Waals surface area contributed by atoms with Gasteiger partial charge in [0.15, 0.2) is 0 Å². The molecule has 0 aliphatic heterocycles. The molecule has 2 heterocycles. The fourth-order valence-electron chi connectivity index (χ4n) is 2.14. The maximum absolute atomic E-state index is 5.64. The van der Waals surface area contributed by atoms with E-state index in [1.807, 2.05) is 24.3 Å². The van der Waals surface area contributed by atoms with Crippen molar-refractivity contribution < 1.29 is 4.42 Å². The highest BCUT2D eigenvalue weighted by Crippen LogP contribution is 2.25. The Morgan fingerprint density at radius 1 is 1.33 bits per heavy atom. The summed E-state index contributed by atoms with van der Waals surface area (Å²) in [5.74, 6) is 1.80. The van der Waals surface area contributed by atoms with Crippen molar-refractivity contribution in [2.75, 3.05) is 0 Å². The number of hydrogen-bond acceptors (Lipinski definition) is 3. The summed E-state index contributed by atoms with van der Waals surface area (Å²) in [4.78, 5) is 7.90. The van der Waals surface area contributed by atoms with Gasteiger partial charge in [-0.15, -0.1) is 0 Å². The lowest BCUT2D eigenvalue weighted by Gasteiger charge is -1.95. The molecular formula is C14H15N3O. The first-order chi connectivity index (χ1) is 8.81. The Bertz CT molecular complexity index is 681. The molecule has 0 radical (unpaired) electrons. The molecule has 3 aromatic rings. The fourth-order valence-corrected chi connectivity index (χ4v) is 2.14. The van der Waals surface area contributed by atoms with Crippen molar-refractivity contribution in [2.45, 2.75) is 19.9 Å². The molecule has 0 unspecified atom stereocenters. The van der Waals surface area contributed by atoms with Crippen LogP contribution in [0.5, 0.6) is 0 Å². The molecule has 0 aliphatic carbocycles. The van der Waals surface area contributed by atoms with Gasteiger partial charge >= 0.3 is 0 Å². The normalized spacial score (nSPS) is 11.2. The average molecular weight is 241 g/mol. The van der Waals surface area contributed by atoms with E-state index < -0.39 is 0 Å². The van der Waals surface area contributed by atoms with Crippen LogP contribution in [-0.2, 0) is 13.0 Å². The van der Waals surface area contributed by atoms with Crippen molar-refractivity contribution in [2.24, 2.45) is 5.73 Å². The summed E-state index contributed by atoms with van der Waals surface area (Å²) in [5, 5.41) is 0. The van der Waals surface area contributed by atoms with Gasteiger partial charge in [0.1, 0.15) is 11.6 Å². The van der Waals surface area contributed by atoms with Gasteiger partial charge in [-0.2, -0.15) is 0 Å². The van der Waals surface area contributed by atoms with Crippen LogP contribution >= 0.6 is 0 Å². The molecule has 0 spiro atoms. The number of aryl methyl sites for hydroxylation is 1. The van der Waals surface area contributed by atoms with Gasteiger partial charge < -0.3 is 15.1 Å². The molecular weight excluding hydrogens is 226 g/mol. The van der Waals surface area contributed by atoms with Gasteiger partial charge in [-0.3, -0.25) is 0 Å². The van der Waals surface area contributed by atoms with Gasteiger partial charge in [-0.05, 0) is 23.8 Å². The predicted octanol–water partition coefficient (Wildman–Crippen LogP) is 2.84. The first-order valence-electron chi connectivity index (χ1n) is 6.07. The SMILES string of the molecule is CCc1occc1-c1nc2ccc(CN)cc2[nH]1. The zero-order valence-corrected chi connectivity index (χ0v) is 10.2. The number of hydrogen-bond donors (Lipinski definition) is 2. The lowest BCUT2D eigenvalue weighted by molar-refractivity contribution is 0.517. The summed E-state index contributed by atoms with van der Waals surface area (Å²) in [6.45, 7) is 2.60. The van der Waals surface area contributed by atoms with Crippen LogP contribution in [-0.4, -0.2) is 9.97 Å². The zero-order chi connectivity index (χ0) is 12.5. The minimum Gasteiger partial charge on any atom is -0.469 e. The summed E-state index contributed by atoms with van der Waals surface area (Å²) in [6, 6.07) is 7.98. The number of H-pyrrole nitrogens is 1. The molecule has 0 amide bonds. The van der Waals surface area contributed by atoms with Crippen LogP contribution in [0.2, 0.25) is 0 Å². The van der Waals surface area contributed by atoms with E-state index in [1.54, 1.807) is 6.26 Å². The van der Waals surface area contributed by atoms with Crippen LogP contribution in [0, 0.1) is 0 Å². The molecule has 4 heteroatoms. The summed E-state index contributed by atoms with van der Waals surface area (Å²) in [5.41, 5.74) is 9.73.